The lowest BCUT2D eigenvalue weighted by molar-refractivity contribution is 0.568. The van der Waals surface area contributed by atoms with Crippen molar-refractivity contribution in [2.24, 2.45) is 5.10 Å². The van der Waals surface area contributed by atoms with Gasteiger partial charge in [-0.15, -0.1) is 0 Å². The summed E-state index contributed by atoms with van der Waals surface area (Å²) in [5.41, 5.74) is 4.45. The Labute approximate surface area is 206 Å². The van der Waals surface area contributed by atoms with Crippen molar-refractivity contribution >= 4 is 41.3 Å². The molecule has 1 saturated heterocycles. The van der Waals surface area contributed by atoms with Crippen LogP contribution in [0.1, 0.15) is 25.0 Å². The van der Waals surface area contributed by atoms with E-state index < -0.39 is 0 Å². The van der Waals surface area contributed by atoms with E-state index in [0.29, 0.717) is 34.1 Å². The van der Waals surface area contributed by atoms with E-state index in [1.807, 2.05) is 36.4 Å². The van der Waals surface area contributed by atoms with Gasteiger partial charge in [-0.05, 0) is 79.9 Å². The third-order valence-corrected chi connectivity index (χ3v) is 5.73. The Balaban J connectivity index is 1.33. The number of hydrogen-bond donors (Lipinski definition) is 2. The lowest BCUT2D eigenvalue weighted by atomic mass is 10.1. The predicted octanol–water partition coefficient (Wildman–Crippen LogP) is 6.10. The third-order valence-electron chi connectivity index (χ3n) is 5.47. The van der Waals surface area contributed by atoms with E-state index in [2.05, 4.69) is 35.7 Å². The Bertz CT molecular complexity index is 1300. The molecule has 1 aliphatic rings. The molecule has 0 amide bonds. The van der Waals surface area contributed by atoms with Gasteiger partial charge in [0, 0.05) is 29.4 Å². The Morgan fingerprint density at radius 1 is 0.886 bits per heavy atom. The number of nitrogens with one attached hydrogen (secondary N) is 2. The maximum absolute atomic E-state index is 13.3. The van der Waals surface area contributed by atoms with Crippen molar-refractivity contribution in [2.45, 2.75) is 19.3 Å². The molecule has 0 bridgehead atoms. The van der Waals surface area contributed by atoms with Gasteiger partial charge in [0.05, 0.1) is 6.21 Å². The summed E-state index contributed by atoms with van der Waals surface area (Å²) in [5, 5.41) is 8.02. The lowest BCUT2D eigenvalue weighted by Gasteiger charge is -2.26. The molecule has 35 heavy (non-hydrogen) atoms. The molecule has 0 atom stereocenters. The minimum atomic E-state index is -0.311. The third kappa shape index (κ3) is 5.93. The van der Waals surface area contributed by atoms with Crippen LogP contribution in [0.4, 0.5) is 27.9 Å². The number of hydrazone groups is 1. The highest BCUT2D eigenvalue weighted by Gasteiger charge is 2.16. The molecular formula is C25H23ClFN7O. The quantitative estimate of drug-likeness (QED) is 0.238. The van der Waals surface area contributed by atoms with E-state index in [-0.39, 0.29) is 11.8 Å². The number of anilines is 4. The van der Waals surface area contributed by atoms with Gasteiger partial charge in [0.2, 0.25) is 17.8 Å². The first-order valence-electron chi connectivity index (χ1n) is 11.3. The minimum absolute atomic E-state index is 0.283. The zero-order valence-corrected chi connectivity index (χ0v) is 19.5. The fourth-order valence-electron chi connectivity index (χ4n) is 3.71. The average molecular weight is 492 g/mol. The molecule has 0 radical (unpaired) electrons. The van der Waals surface area contributed by atoms with Crippen molar-refractivity contribution in [2.75, 3.05) is 28.7 Å². The Hall–Kier alpha value is -3.98. The normalized spacial score (nSPS) is 13.8. The van der Waals surface area contributed by atoms with E-state index in [1.165, 1.54) is 18.6 Å². The van der Waals surface area contributed by atoms with E-state index in [0.717, 1.165) is 31.5 Å². The molecule has 2 aromatic carbocycles. The summed E-state index contributed by atoms with van der Waals surface area (Å²) in [6, 6.07) is 17.1. The highest BCUT2D eigenvalue weighted by molar-refractivity contribution is 6.30. The van der Waals surface area contributed by atoms with Crippen LogP contribution in [-0.2, 0) is 0 Å². The molecule has 8 nitrogen and oxygen atoms in total. The molecule has 0 saturated carbocycles. The van der Waals surface area contributed by atoms with Crippen molar-refractivity contribution in [3.05, 3.63) is 77.3 Å². The fourth-order valence-corrected chi connectivity index (χ4v) is 3.84. The Morgan fingerprint density at radius 3 is 2.40 bits per heavy atom. The van der Waals surface area contributed by atoms with Crippen molar-refractivity contribution < 1.29 is 8.81 Å². The molecule has 2 aromatic heterocycles. The first-order valence-corrected chi connectivity index (χ1v) is 11.7. The second kappa shape index (κ2) is 10.5. The lowest BCUT2D eigenvalue weighted by Crippen LogP contribution is -2.31. The van der Waals surface area contributed by atoms with Gasteiger partial charge in [-0.25, -0.2) is 9.82 Å². The van der Waals surface area contributed by atoms with Crippen LogP contribution in [-0.4, -0.2) is 34.3 Å². The van der Waals surface area contributed by atoms with Crippen molar-refractivity contribution in [1.82, 2.24) is 15.0 Å². The second-order valence-electron chi connectivity index (χ2n) is 8.04. The zero-order chi connectivity index (χ0) is 24.0. The minimum Gasteiger partial charge on any atom is -0.455 e. The van der Waals surface area contributed by atoms with Gasteiger partial charge in [0.25, 0.3) is 0 Å². The highest BCUT2D eigenvalue weighted by Crippen LogP contribution is 2.24. The van der Waals surface area contributed by atoms with Crippen LogP contribution in [0.2, 0.25) is 5.02 Å². The average Bonchev–Trinajstić information content (AvgIpc) is 3.35. The highest BCUT2D eigenvalue weighted by atomic mass is 35.5. The first-order chi connectivity index (χ1) is 17.1. The molecule has 2 N–H and O–H groups in total. The molecule has 4 aromatic rings. The monoisotopic (exact) mass is 491 g/mol. The van der Waals surface area contributed by atoms with Gasteiger partial charge in [-0.2, -0.15) is 20.1 Å². The number of furan rings is 1. The summed E-state index contributed by atoms with van der Waals surface area (Å²) in [6.45, 7) is 1.76. The van der Waals surface area contributed by atoms with Crippen LogP contribution < -0.4 is 15.6 Å². The number of rotatable bonds is 7. The Kier molecular flexibility index (Phi) is 6.85. The van der Waals surface area contributed by atoms with Crippen LogP contribution in [0.5, 0.6) is 0 Å². The molecule has 1 fully saturated rings. The number of halogens is 2. The summed E-state index contributed by atoms with van der Waals surface area (Å²) >= 11 is 5.96. The van der Waals surface area contributed by atoms with Crippen molar-refractivity contribution in [3.8, 4) is 11.3 Å². The summed E-state index contributed by atoms with van der Waals surface area (Å²) in [4.78, 5) is 15.6. The molecule has 3 heterocycles. The summed E-state index contributed by atoms with van der Waals surface area (Å²) in [6.07, 6.45) is 4.92. The van der Waals surface area contributed by atoms with Gasteiger partial charge in [0.1, 0.15) is 17.3 Å². The van der Waals surface area contributed by atoms with E-state index in [4.69, 9.17) is 16.0 Å². The second-order valence-corrected chi connectivity index (χ2v) is 8.48. The van der Waals surface area contributed by atoms with Gasteiger partial charge in [-0.1, -0.05) is 11.6 Å². The molecule has 5 rings (SSSR count). The largest absolute Gasteiger partial charge is 0.455 e. The molecule has 10 heteroatoms. The van der Waals surface area contributed by atoms with Gasteiger partial charge in [-0.3, -0.25) is 0 Å². The first kappa shape index (κ1) is 22.8. The van der Waals surface area contributed by atoms with Crippen molar-refractivity contribution in [3.63, 3.8) is 0 Å². The van der Waals surface area contributed by atoms with E-state index in [9.17, 15) is 4.39 Å². The van der Waals surface area contributed by atoms with Crippen molar-refractivity contribution in [1.29, 1.82) is 0 Å². The molecule has 0 aliphatic carbocycles. The van der Waals surface area contributed by atoms with Crippen LogP contribution in [0.25, 0.3) is 11.3 Å². The molecule has 178 valence electrons. The van der Waals surface area contributed by atoms with Crippen LogP contribution >= 0.6 is 11.6 Å². The van der Waals surface area contributed by atoms with E-state index in [1.54, 1.807) is 18.3 Å². The maximum atomic E-state index is 13.3. The number of benzene rings is 2. The van der Waals surface area contributed by atoms with Gasteiger partial charge >= 0.3 is 0 Å². The number of aromatic nitrogens is 3. The Morgan fingerprint density at radius 2 is 1.63 bits per heavy atom. The van der Waals surface area contributed by atoms with Crippen LogP contribution in [0.3, 0.4) is 0 Å². The summed E-state index contributed by atoms with van der Waals surface area (Å²) < 4.78 is 19.1. The number of piperidine rings is 1. The predicted molar refractivity (Wildman–Crippen MR) is 136 cm³/mol. The number of nitrogens with zero attached hydrogens (tertiary/aromatic N) is 5. The number of hydrogen-bond acceptors (Lipinski definition) is 8. The van der Waals surface area contributed by atoms with Gasteiger partial charge in [0.15, 0.2) is 0 Å². The summed E-state index contributed by atoms with van der Waals surface area (Å²) in [7, 11) is 0. The SMILES string of the molecule is Fc1ccc(Nc2nc(N/N=C\c3ccc(-c4ccc(Cl)cc4)o3)nc(N3CCCCC3)n2)cc1. The standard InChI is InChI=1S/C25H23ClFN7O/c26-18-6-4-17(5-7-18)22-13-12-21(35-22)16-28-33-24-30-23(29-20-10-8-19(27)9-11-20)31-25(32-24)34-14-2-1-3-15-34/h4-13,16H,1-3,14-15H2,(H2,29,30,31,32,33)/b28-16-. The molecular weight excluding hydrogens is 469 g/mol. The topological polar surface area (TPSA) is 91.5 Å². The fraction of sp³-hybridized carbons (Fsp3) is 0.200. The molecule has 0 unspecified atom stereocenters. The van der Waals surface area contributed by atoms with Crippen LogP contribution in [0.15, 0.2) is 70.2 Å². The smallest absolute Gasteiger partial charge is 0.250 e. The maximum Gasteiger partial charge on any atom is 0.250 e. The van der Waals surface area contributed by atoms with Gasteiger partial charge < -0.3 is 14.6 Å². The zero-order valence-electron chi connectivity index (χ0n) is 18.8. The van der Waals surface area contributed by atoms with E-state index >= 15 is 0 Å². The van der Waals surface area contributed by atoms with Crippen LogP contribution in [0, 0.1) is 5.82 Å². The molecule has 0 spiro atoms. The summed E-state index contributed by atoms with van der Waals surface area (Å²) in [5.74, 6) is 2.15. The molecule has 1 aliphatic heterocycles.